The third kappa shape index (κ3) is 5.45. The van der Waals surface area contributed by atoms with E-state index < -0.39 is 24.3 Å². The highest BCUT2D eigenvalue weighted by molar-refractivity contribution is 6.33. The number of alkyl carbamates (subject to hydrolysis) is 1. The van der Waals surface area contributed by atoms with E-state index in [1.165, 1.54) is 18.2 Å². The van der Waals surface area contributed by atoms with Gasteiger partial charge >= 0.3 is 12.1 Å². The molecule has 0 saturated heterocycles. The topological polar surface area (TPSA) is 116 Å². The van der Waals surface area contributed by atoms with Crippen molar-refractivity contribution in [2.75, 3.05) is 6.54 Å². The second kappa shape index (κ2) is 9.19. The zero-order valence-electron chi connectivity index (χ0n) is 13.6. The van der Waals surface area contributed by atoms with Crippen molar-refractivity contribution in [2.45, 2.75) is 18.8 Å². The van der Waals surface area contributed by atoms with Crippen LogP contribution < -0.4 is 5.32 Å². The van der Waals surface area contributed by atoms with Crippen LogP contribution in [-0.4, -0.2) is 40.0 Å². The molecule has 2 aromatic rings. The molecular formula is C18H18ClNO6. The lowest BCUT2D eigenvalue weighted by molar-refractivity contribution is 0.0184. The maximum absolute atomic E-state index is 11.6. The quantitative estimate of drug-likeness (QED) is 0.587. The van der Waals surface area contributed by atoms with E-state index in [-0.39, 0.29) is 29.3 Å². The van der Waals surface area contributed by atoms with E-state index in [4.69, 9.17) is 21.4 Å². The first-order valence-electron chi connectivity index (χ1n) is 7.72. The van der Waals surface area contributed by atoms with Crippen LogP contribution in [0, 0.1) is 0 Å². The van der Waals surface area contributed by atoms with Gasteiger partial charge in [-0.25, -0.2) is 9.59 Å². The van der Waals surface area contributed by atoms with Gasteiger partial charge in [-0.3, -0.25) is 0 Å². The van der Waals surface area contributed by atoms with Crippen molar-refractivity contribution in [2.24, 2.45) is 0 Å². The van der Waals surface area contributed by atoms with E-state index in [1.54, 1.807) is 12.1 Å². The molecule has 0 spiro atoms. The van der Waals surface area contributed by atoms with Crippen LogP contribution in [0.3, 0.4) is 0 Å². The normalized spacial score (nSPS) is 12.9. The average Bonchev–Trinajstić information content (AvgIpc) is 2.64. The fraction of sp³-hybridized carbons (Fsp3) is 0.222. The van der Waals surface area contributed by atoms with Crippen LogP contribution in [-0.2, 0) is 11.3 Å². The van der Waals surface area contributed by atoms with Crippen molar-refractivity contribution in [3.05, 3.63) is 70.2 Å². The van der Waals surface area contributed by atoms with Crippen molar-refractivity contribution in [1.29, 1.82) is 0 Å². The number of ether oxygens (including phenoxy) is 1. The standard InChI is InChI=1S/C18H18ClNO6/c19-14-8-12(6-7-13(14)17(23)24)16(22)15(21)9-20-18(25)26-10-11-4-2-1-3-5-11/h1-8,15-16,21-22H,9-10H2,(H,20,25)(H,23,24). The third-order valence-electron chi connectivity index (χ3n) is 3.60. The molecule has 0 radical (unpaired) electrons. The number of carbonyl (C=O) groups is 2. The van der Waals surface area contributed by atoms with E-state index in [1.807, 2.05) is 18.2 Å². The summed E-state index contributed by atoms with van der Waals surface area (Å²) in [5.74, 6) is -1.19. The SMILES string of the molecule is O=C(NCC(O)C(O)c1ccc(C(=O)O)c(Cl)c1)OCc1ccccc1. The molecule has 138 valence electrons. The Labute approximate surface area is 154 Å². The number of rotatable bonds is 7. The summed E-state index contributed by atoms with van der Waals surface area (Å²) in [6, 6.07) is 12.9. The van der Waals surface area contributed by atoms with Crippen LogP contribution >= 0.6 is 11.6 Å². The van der Waals surface area contributed by atoms with E-state index in [0.717, 1.165) is 5.56 Å². The maximum atomic E-state index is 11.6. The molecule has 0 aliphatic rings. The minimum Gasteiger partial charge on any atom is -0.478 e. The van der Waals surface area contributed by atoms with Gasteiger partial charge in [0, 0.05) is 6.54 Å². The lowest BCUT2D eigenvalue weighted by Crippen LogP contribution is -2.35. The van der Waals surface area contributed by atoms with Gasteiger partial charge in [-0.15, -0.1) is 0 Å². The molecule has 2 unspecified atom stereocenters. The molecular weight excluding hydrogens is 362 g/mol. The first-order chi connectivity index (χ1) is 12.4. The predicted octanol–water partition coefficient (Wildman–Crippen LogP) is 2.36. The molecule has 0 aliphatic carbocycles. The summed E-state index contributed by atoms with van der Waals surface area (Å²) >= 11 is 5.84. The molecule has 8 heteroatoms. The molecule has 7 nitrogen and oxygen atoms in total. The van der Waals surface area contributed by atoms with Gasteiger partial charge in [-0.2, -0.15) is 0 Å². The third-order valence-corrected chi connectivity index (χ3v) is 3.91. The zero-order chi connectivity index (χ0) is 19.1. The number of amides is 1. The van der Waals surface area contributed by atoms with Gasteiger partial charge in [0.1, 0.15) is 18.8 Å². The summed E-state index contributed by atoms with van der Waals surface area (Å²) in [6.07, 6.45) is -3.42. The number of aliphatic hydroxyl groups is 2. The summed E-state index contributed by atoms with van der Waals surface area (Å²) in [7, 11) is 0. The fourth-order valence-electron chi connectivity index (χ4n) is 2.18. The van der Waals surface area contributed by atoms with Crippen molar-refractivity contribution >= 4 is 23.7 Å². The van der Waals surface area contributed by atoms with Gasteiger partial charge in [0.25, 0.3) is 0 Å². The summed E-state index contributed by atoms with van der Waals surface area (Å²) in [5.41, 5.74) is 0.933. The first kappa shape index (κ1) is 19.7. The van der Waals surface area contributed by atoms with Crippen molar-refractivity contribution < 1.29 is 29.6 Å². The van der Waals surface area contributed by atoms with E-state index in [0.29, 0.717) is 0 Å². The Morgan fingerprint density at radius 3 is 2.42 bits per heavy atom. The van der Waals surface area contributed by atoms with Crippen molar-refractivity contribution in [3.63, 3.8) is 0 Å². The lowest BCUT2D eigenvalue weighted by atomic mass is 10.0. The Hall–Kier alpha value is -2.61. The highest BCUT2D eigenvalue weighted by Crippen LogP contribution is 2.24. The number of aliphatic hydroxyl groups excluding tert-OH is 2. The Bertz CT molecular complexity index is 768. The second-order valence-corrected chi connectivity index (χ2v) is 5.91. The summed E-state index contributed by atoms with van der Waals surface area (Å²) in [4.78, 5) is 22.6. The Morgan fingerprint density at radius 2 is 1.81 bits per heavy atom. The maximum Gasteiger partial charge on any atom is 0.407 e. The molecule has 0 heterocycles. The van der Waals surface area contributed by atoms with Gasteiger partial charge in [0.05, 0.1) is 10.6 Å². The minimum atomic E-state index is -1.36. The zero-order valence-corrected chi connectivity index (χ0v) is 14.4. The van der Waals surface area contributed by atoms with Gasteiger partial charge < -0.3 is 25.4 Å². The van der Waals surface area contributed by atoms with Crippen molar-refractivity contribution in [3.8, 4) is 0 Å². The number of carboxylic acids is 1. The number of benzene rings is 2. The summed E-state index contributed by atoms with van der Waals surface area (Å²) in [6.45, 7) is -0.176. The predicted molar refractivity (Wildman–Crippen MR) is 94.0 cm³/mol. The van der Waals surface area contributed by atoms with E-state index in [2.05, 4.69) is 5.32 Å². The van der Waals surface area contributed by atoms with Gasteiger partial charge in [0.15, 0.2) is 0 Å². The number of nitrogens with one attached hydrogen (secondary N) is 1. The fourth-order valence-corrected chi connectivity index (χ4v) is 2.45. The van der Waals surface area contributed by atoms with Crippen LogP contribution in [0.15, 0.2) is 48.5 Å². The van der Waals surface area contributed by atoms with Gasteiger partial charge in [-0.05, 0) is 23.3 Å². The van der Waals surface area contributed by atoms with Crippen LogP contribution in [0.2, 0.25) is 5.02 Å². The highest BCUT2D eigenvalue weighted by atomic mass is 35.5. The molecule has 0 saturated carbocycles. The molecule has 0 bridgehead atoms. The number of halogens is 1. The number of hydrogen-bond donors (Lipinski definition) is 4. The molecule has 0 aromatic heterocycles. The van der Waals surface area contributed by atoms with Gasteiger partial charge in [-0.1, -0.05) is 48.0 Å². The average molecular weight is 380 g/mol. The molecule has 2 aromatic carbocycles. The minimum absolute atomic E-state index is 0.0588. The molecule has 1 amide bonds. The molecule has 2 rings (SSSR count). The Kier molecular flexibility index (Phi) is 6.97. The van der Waals surface area contributed by atoms with Gasteiger partial charge in [0.2, 0.25) is 0 Å². The number of carbonyl (C=O) groups excluding carboxylic acids is 1. The molecule has 0 aliphatic heterocycles. The lowest BCUT2D eigenvalue weighted by Gasteiger charge is -2.19. The first-order valence-corrected chi connectivity index (χ1v) is 8.09. The largest absolute Gasteiger partial charge is 0.478 e. The summed E-state index contributed by atoms with van der Waals surface area (Å²) in [5, 5.41) is 31.3. The molecule has 4 N–H and O–H groups in total. The van der Waals surface area contributed by atoms with E-state index in [9.17, 15) is 19.8 Å². The number of aromatic carboxylic acids is 1. The molecule has 26 heavy (non-hydrogen) atoms. The Morgan fingerprint density at radius 1 is 1.12 bits per heavy atom. The monoisotopic (exact) mass is 379 g/mol. The van der Waals surface area contributed by atoms with Crippen LogP contribution in [0.25, 0.3) is 0 Å². The number of carboxylic acid groups (broad SMARTS) is 1. The summed E-state index contributed by atoms with van der Waals surface area (Å²) < 4.78 is 5.00. The molecule has 2 atom stereocenters. The second-order valence-electron chi connectivity index (χ2n) is 5.50. The Balaban J connectivity index is 1.84. The van der Waals surface area contributed by atoms with Crippen molar-refractivity contribution in [1.82, 2.24) is 5.32 Å². The molecule has 0 fully saturated rings. The number of hydrogen-bond acceptors (Lipinski definition) is 5. The smallest absolute Gasteiger partial charge is 0.407 e. The van der Waals surface area contributed by atoms with Crippen LogP contribution in [0.5, 0.6) is 0 Å². The highest BCUT2D eigenvalue weighted by Gasteiger charge is 2.21. The van der Waals surface area contributed by atoms with E-state index >= 15 is 0 Å². The van der Waals surface area contributed by atoms with Crippen LogP contribution in [0.1, 0.15) is 27.6 Å². The van der Waals surface area contributed by atoms with Crippen LogP contribution in [0.4, 0.5) is 4.79 Å².